The highest BCUT2D eigenvalue weighted by Crippen LogP contribution is 2.58. The number of hydrogen-bond acceptors (Lipinski definition) is 5. The Kier molecular flexibility index (Phi) is 9.19. The topological polar surface area (TPSA) is 19.6 Å². The molecule has 72 heavy (non-hydrogen) atoms. The standard InChI is InChI=1S/C66H59BN2OS2/c1-63(2,3)39-24-27-41(28-25-39)69-59-44(29-31-52-56(59)47-35-48-49(37-53(47)70-52)66(9,10)33-32-65(48,7)8)57-58-51(36-46-42-20-14-16-22-54(42)71-61(46)57)68(60-43-21-15-17-23-55(43)72-62(60)67(58)69)50-30-26-40(64(4,5)6)34-45(50)38-18-12-11-13-19-38/h11-31,34-37H,32-33H2,1-10H3. The SMILES string of the molecule is CC(C)(C)c1ccc(N2B3c4sc5ccccc5c4N(c4ccc(C(C)(C)C)cc4-c4ccccc4)c4cc5c(sc6ccccc65)c(c43)-c3ccc4oc5cc6c(cc5c4c32)C(C)(C)CCC6(C)C)cc1. The van der Waals surface area contributed by atoms with Crippen molar-refractivity contribution in [3.8, 4) is 22.3 Å². The molecule has 3 nitrogen and oxygen atoms in total. The lowest BCUT2D eigenvalue weighted by Crippen LogP contribution is -2.60. The normalized spacial score (nSPS) is 15.9. The van der Waals surface area contributed by atoms with Gasteiger partial charge in [0.05, 0.1) is 16.8 Å². The predicted octanol–water partition coefficient (Wildman–Crippen LogP) is 18.5. The lowest BCUT2D eigenvalue weighted by Gasteiger charge is -2.45. The van der Waals surface area contributed by atoms with Crippen LogP contribution < -0.4 is 20.0 Å². The molecule has 14 rings (SSSR count). The molecule has 0 unspecified atom stereocenters. The first kappa shape index (κ1) is 44.1. The lowest BCUT2D eigenvalue weighted by molar-refractivity contribution is 0.332. The Hall–Kier alpha value is -6.60. The van der Waals surface area contributed by atoms with Crippen LogP contribution >= 0.6 is 22.7 Å². The molecular weight excluding hydrogens is 912 g/mol. The summed E-state index contributed by atoms with van der Waals surface area (Å²) in [4.78, 5) is 5.42. The first-order valence-corrected chi connectivity index (χ1v) is 27.5. The van der Waals surface area contributed by atoms with Crippen molar-refractivity contribution in [1.29, 1.82) is 0 Å². The molecular formula is C66H59BN2OS2. The van der Waals surface area contributed by atoms with Crippen LogP contribution in [0.4, 0.5) is 28.4 Å². The minimum Gasteiger partial charge on any atom is -0.456 e. The van der Waals surface area contributed by atoms with Gasteiger partial charge in [-0.3, -0.25) is 0 Å². The van der Waals surface area contributed by atoms with E-state index in [9.17, 15) is 0 Å². The molecule has 3 aliphatic rings. The fourth-order valence-corrected chi connectivity index (χ4v) is 15.3. The van der Waals surface area contributed by atoms with E-state index in [0.29, 0.717) is 0 Å². The second-order valence-corrected chi connectivity index (χ2v) is 26.5. The Bertz CT molecular complexity index is 4080. The molecule has 0 radical (unpaired) electrons. The summed E-state index contributed by atoms with van der Waals surface area (Å²) in [5.74, 6) is 0. The van der Waals surface area contributed by atoms with E-state index in [4.69, 9.17) is 4.42 Å². The van der Waals surface area contributed by atoms with Crippen molar-refractivity contribution in [2.45, 2.75) is 104 Å². The first-order chi connectivity index (χ1) is 34.5. The van der Waals surface area contributed by atoms with E-state index in [1.165, 1.54) is 124 Å². The van der Waals surface area contributed by atoms with Crippen molar-refractivity contribution >= 4 is 120 Å². The van der Waals surface area contributed by atoms with Crippen LogP contribution in [-0.4, -0.2) is 6.85 Å². The third-order valence-corrected chi connectivity index (χ3v) is 19.2. The minimum absolute atomic E-state index is 0.00156. The number of nitrogens with zero attached hydrogens (tertiary/aromatic N) is 2. The van der Waals surface area contributed by atoms with Crippen LogP contribution in [-0.2, 0) is 21.7 Å². The van der Waals surface area contributed by atoms with Gasteiger partial charge in [0.2, 0.25) is 0 Å². The van der Waals surface area contributed by atoms with E-state index in [-0.39, 0.29) is 28.5 Å². The largest absolute Gasteiger partial charge is 0.456 e. The number of hydrogen-bond donors (Lipinski definition) is 0. The van der Waals surface area contributed by atoms with Crippen LogP contribution in [0, 0.1) is 0 Å². The van der Waals surface area contributed by atoms with Crippen LogP contribution in [0.3, 0.4) is 0 Å². The third kappa shape index (κ3) is 6.27. The molecule has 1 aliphatic carbocycles. The molecule has 0 spiro atoms. The smallest absolute Gasteiger partial charge is 0.343 e. The summed E-state index contributed by atoms with van der Waals surface area (Å²) in [6, 6.07) is 58.3. The third-order valence-electron chi connectivity index (χ3n) is 16.8. The molecule has 0 bridgehead atoms. The van der Waals surface area contributed by atoms with Gasteiger partial charge in [0, 0.05) is 74.2 Å². The van der Waals surface area contributed by atoms with Crippen molar-refractivity contribution in [2.24, 2.45) is 0 Å². The molecule has 11 aromatic rings. The molecule has 354 valence electrons. The van der Waals surface area contributed by atoms with Crippen LogP contribution in [0.2, 0.25) is 0 Å². The molecule has 8 aromatic carbocycles. The quantitative estimate of drug-likeness (QED) is 0.165. The zero-order chi connectivity index (χ0) is 49.4. The van der Waals surface area contributed by atoms with Gasteiger partial charge < -0.3 is 14.1 Å². The van der Waals surface area contributed by atoms with Crippen LogP contribution in [0.15, 0.2) is 156 Å². The highest BCUT2D eigenvalue weighted by Gasteiger charge is 2.49. The Morgan fingerprint density at radius 1 is 0.528 bits per heavy atom. The lowest BCUT2D eigenvalue weighted by atomic mass is 9.46. The maximum Gasteiger partial charge on any atom is 0.343 e. The van der Waals surface area contributed by atoms with Crippen LogP contribution in [0.1, 0.15) is 104 Å². The number of fused-ring (bicyclic) bond motifs is 15. The van der Waals surface area contributed by atoms with Gasteiger partial charge >= 0.3 is 6.85 Å². The molecule has 0 saturated heterocycles. The highest BCUT2D eigenvalue weighted by atomic mass is 32.1. The predicted molar refractivity (Wildman–Crippen MR) is 314 cm³/mol. The number of thiophene rings is 2. The molecule has 0 amide bonds. The zero-order valence-electron chi connectivity index (χ0n) is 43.0. The summed E-state index contributed by atoms with van der Waals surface area (Å²) in [6.45, 7) is 23.5. The van der Waals surface area contributed by atoms with Crippen LogP contribution in [0.5, 0.6) is 0 Å². The van der Waals surface area contributed by atoms with Gasteiger partial charge in [-0.25, -0.2) is 0 Å². The fourth-order valence-electron chi connectivity index (χ4n) is 12.7. The second kappa shape index (κ2) is 15.0. The molecule has 0 fully saturated rings. The van der Waals surface area contributed by atoms with Gasteiger partial charge in [-0.15, -0.1) is 22.7 Å². The second-order valence-electron chi connectivity index (χ2n) is 24.3. The summed E-state index contributed by atoms with van der Waals surface area (Å²) in [5, 5.41) is 6.27. The Morgan fingerprint density at radius 3 is 1.88 bits per heavy atom. The van der Waals surface area contributed by atoms with Gasteiger partial charge in [0.25, 0.3) is 0 Å². The highest BCUT2D eigenvalue weighted by molar-refractivity contribution is 7.33. The van der Waals surface area contributed by atoms with Crippen molar-refractivity contribution in [2.75, 3.05) is 9.71 Å². The molecule has 0 atom stereocenters. The monoisotopic (exact) mass is 970 g/mol. The maximum absolute atomic E-state index is 7.18. The van der Waals surface area contributed by atoms with Gasteiger partial charge in [0.1, 0.15) is 11.2 Å². The van der Waals surface area contributed by atoms with E-state index in [0.717, 1.165) is 24.0 Å². The number of benzene rings is 8. The Labute approximate surface area is 431 Å². The number of furan rings is 1. The maximum atomic E-state index is 7.18. The average Bonchev–Trinajstić information content (AvgIpc) is 4.06. The van der Waals surface area contributed by atoms with Crippen molar-refractivity contribution in [3.05, 3.63) is 174 Å². The van der Waals surface area contributed by atoms with Gasteiger partial charge in [-0.1, -0.05) is 154 Å². The summed E-state index contributed by atoms with van der Waals surface area (Å²) < 4.78 is 12.5. The van der Waals surface area contributed by atoms with E-state index < -0.39 is 0 Å². The van der Waals surface area contributed by atoms with Crippen molar-refractivity contribution in [3.63, 3.8) is 0 Å². The van der Waals surface area contributed by atoms with Crippen LogP contribution in [0.25, 0.3) is 74.5 Å². The average molecular weight is 971 g/mol. The summed E-state index contributed by atoms with van der Waals surface area (Å²) in [7, 11) is 0. The first-order valence-electron chi connectivity index (χ1n) is 25.9. The molecule has 3 aromatic heterocycles. The molecule has 0 saturated carbocycles. The molecule has 6 heteroatoms. The Balaban J connectivity index is 1.18. The van der Waals surface area contributed by atoms with Gasteiger partial charge in [0.15, 0.2) is 0 Å². The summed E-state index contributed by atoms with van der Waals surface area (Å²) >= 11 is 3.91. The van der Waals surface area contributed by atoms with E-state index >= 15 is 0 Å². The Morgan fingerprint density at radius 2 is 1.17 bits per heavy atom. The molecule has 5 heterocycles. The van der Waals surface area contributed by atoms with E-state index in [1.54, 1.807) is 0 Å². The number of rotatable bonds is 3. The number of anilines is 5. The van der Waals surface area contributed by atoms with Crippen molar-refractivity contribution in [1.82, 2.24) is 0 Å². The van der Waals surface area contributed by atoms with E-state index in [2.05, 4.69) is 231 Å². The molecule has 2 aliphatic heterocycles. The van der Waals surface area contributed by atoms with Gasteiger partial charge in [-0.2, -0.15) is 0 Å². The van der Waals surface area contributed by atoms with Gasteiger partial charge in [-0.05, 0) is 135 Å². The fraction of sp³-hybridized carbons (Fsp3) is 0.242. The van der Waals surface area contributed by atoms with E-state index in [1.807, 2.05) is 22.7 Å². The summed E-state index contributed by atoms with van der Waals surface area (Å²) in [6.07, 6.45) is 2.30. The summed E-state index contributed by atoms with van der Waals surface area (Å²) in [5.41, 5.74) is 20.0. The minimum atomic E-state index is -0.154. The molecule has 0 N–H and O–H groups in total. The zero-order valence-corrected chi connectivity index (χ0v) is 44.7. The van der Waals surface area contributed by atoms with Crippen molar-refractivity contribution < 1.29 is 4.42 Å².